The first kappa shape index (κ1) is 22.2. The van der Waals surface area contributed by atoms with Gasteiger partial charge in [0.2, 0.25) is 0 Å². The second-order valence-electron chi connectivity index (χ2n) is 7.88. The van der Waals surface area contributed by atoms with Crippen molar-refractivity contribution in [2.75, 3.05) is 5.75 Å². The van der Waals surface area contributed by atoms with Crippen LogP contribution in [0.4, 0.5) is 0 Å². The largest absolute Gasteiger partial charge is 0.229 e. The Morgan fingerprint density at radius 3 is 2.23 bits per heavy atom. The molecule has 0 radical (unpaired) electrons. The molecule has 30 heavy (non-hydrogen) atoms. The summed E-state index contributed by atoms with van der Waals surface area (Å²) in [5.41, 5.74) is 3.21. The van der Waals surface area contributed by atoms with Gasteiger partial charge >= 0.3 is 0 Å². The van der Waals surface area contributed by atoms with Crippen LogP contribution in [-0.2, 0) is 16.3 Å². The summed E-state index contributed by atoms with van der Waals surface area (Å²) in [7, 11) is -2.89. The lowest BCUT2D eigenvalue weighted by atomic mass is 10.0. The molecule has 0 saturated heterocycles. The first-order valence-electron chi connectivity index (χ1n) is 10.6. The van der Waals surface area contributed by atoms with Crippen molar-refractivity contribution in [3.05, 3.63) is 60.2 Å². The van der Waals surface area contributed by atoms with Gasteiger partial charge in [0.25, 0.3) is 0 Å². The third kappa shape index (κ3) is 5.98. The Morgan fingerprint density at radius 2 is 1.53 bits per heavy atom. The van der Waals surface area contributed by atoms with E-state index in [4.69, 9.17) is 0 Å². The number of hydrogen-bond acceptors (Lipinski definition) is 5. The molecule has 160 valence electrons. The predicted octanol–water partition coefficient (Wildman–Crippen LogP) is 4.65. The average Bonchev–Trinajstić information content (AvgIpc) is 3.24. The van der Waals surface area contributed by atoms with Gasteiger partial charge in [-0.05, 0) is 61.2 Å². The zero-order valence-corrected chi connectivity index (χ0v) is 18.6. The standard InChI is InChI=1S/C23H30N4O2S/c1-19(2)30(28,29)18-10-5-3-4-7-11-20-14-16-21(17-15-20)23-24-25-26-27(23)22-12-8-6-9-13-22/h6,8-9,12-17,19H,3-5,7,10-11,18H2,1-2H3. The minimum absolute atomic E-state index is 0.266. The van der Waals surface area contributed by atoms with Crippen LogP contribution in [0.5, 0.6) is 0 Å². The van der Waals surface area contributed by atoms with Crippen molar-refractivity contribution in [1.29, 1.82) is 0 Å². The highest BCUT2D eigenvalue weighted by Crippen LogP contribution is 2.20. The fourth-order valence-corrected chi connectivity index (χ4v) is 4.41. The van der Waals surface area contributed by atoms with Crippen molar-refractivity contribution in [3.63, 3.8) is 0 Å². The van der Waals surface area contributed by atoms with Gasteiger partial charge in [0.05, 0.1) is 16.7 Å². The molecule has 6 nitrogen and oxygen atoms in total. The molecule has 0 aliphatic carbocycles. The highest BCUT2D eigenvalue weighted by atomic mass is 32.2. The Labute approximate surface area is 179 Å². The Hall–Kier alpha value is -2.54. The summed E-state index contributed by atoms with van der Waals surface area (Å²) in [6, 6.07) is 18.3. The van der Waals surface area contributed by atoms with Crippen LogP contribution >= 0.6 is 0 Å². The second kappa shape index (κ2) is 10.5. The van der Waals surface area contributed by atoms with Crippen molar-refractivity contribution < 1.29 is 8.42 Å². The van der Waals surface area contributed by atoms with Crippen molar-refractivity contribution in [2.45, 2.75) is 57.6 Å². The Kier molecular flexibility index (Phi) is 7.74. The van der Waals surface area contributed by atoms with Crippen LogP contribution in [0.15, 0.2) is 54.6 Å². The molecular formula is C23H30N4O2S. The summed E-state index contributed by atoms with van der Waals surface area (Å²) in [5, 5.41) is 11.9. The van der Waals surface area contributed by atoms with Crippen LogP contribution in [0, 0.1) is 0 Å². The van der Waals surface area contributed by atoms with E-state index in [1.54, 1.807) is 18.5 Å². The Balaban J connectivity index is 1.45. The third-order valence-electron chi connectivity index (χ3n) is 5.29. The number of aromatic nitrogens is 4. The number of para-hydroxylation sites is 1. The molecule has 0 aliphatic rings. The van der Waals surface area contributed by atoms with E-state index in [9.17, 15) is 8.42 Å². The SMILES string of the molecule is CC(C)S(=O)(=O)CCCCCCCc1ccc(-c2nnnn2-c2ccccc2)cc1. The second-order valence-corrected chi connectivity index (χ2v) is 10.6. The van der Waals surface area contributed by atoms with Crippen molar-refractivity contribution in [2.24, 2.45) is 0 Å². The predicted molar refractivity (Wildman–Crippen MR) is 120 cm³/mol. The van der Waals surface area contributed by atoms with Crippen LogP contribution in [0.3, 0.4) is 0 Å². The van der Waals surface area contributed by atoms with Gasteiger partial charge in [-0.3, -0.25) is 0 Å². The fraction of sp³-hybridized carbons (Fsp3) is 0.435. The van der Waals surface area contributed by atoms with E-state index in [1.165, 1.54) is 5.56 Å². The van der Waals surface area contributed by atoms with Crippen LogP contribution in [0.1, 0.15) is 51.5 Å². The maximum absolute atomic E-state index is 11.8. The van der Waals surface area contributed by atoms with Crippen molar-refractivity contribution >= 4 is 9.84 Å². The molecule has 0 N–H and O–H groups in total. The first-order valence-corrected chi connectivity index (χ1v) is 12.3. The molecule has 0 fully saturated rings. The number of sulfone groups is 1. The lowest BCUT2D eigenvalue weighted by Crippen LogP contribution is -2.17. The molecule has 3 aromatic rings. The number of unbranched alkanes of at least 4 members (excludes halogenated alkanes) is 4. The van der Waals surface area contributed by atoms with Gasteiger partial charge in [0.15, 0.2) is 15.7 Å². The third-order valence-corrected chi connectivity index (χ3v) is 7.59. The molecule has 7 heteroatoms. The lowest BCUT2D eigenvalue weighted by molar-refractivity contribution is 0.577. The van der Waals surface area contributed by atoms with E-state index in [1.807, 2.05) is 30.3 Å². The molecule has 0 spiro atoms. The Morgan fingerprint density at radius 1 is 0.867 bits per heavy atom. The molecule has 0 unspecified atom stereocenters. The maximum atomic E-state index is 11.8. The smallest absolute Gasteiger partial charge is 0.187 e. The van der Waals surface area contributed by atoms with Gasteiger partial charge < -0.3 is 0 Å². The van der Waals surface area contributed by atoms with E-state index >= 15 is 0 Å². The monoisotopic (exact) mass is 426 g/mol. The number of hydrogen-bond donors (Lipinski definition) is 0. The van der Waals surface area contributed by atoms with Gasteiger partial charge in [-0.1, -0.05) is 61.7 Å². The van der Waals surface area contributed by atoms with E-state index in [0.717, 1.165) is 55.6 Å². The molecule has 2 aromatic carbocycles. The topological polar surface area (TPSA) is 77.7 Å². The Bertz CT molecular complexity index is 1010. The summed E-state index contributed by atoms with van der Waals surface area (Å²) >= 11 is 0. The zero-order chi connectivity index (χ0) is 21.4. The van der Waals surface area contributed by atoms with E-state index < -0.39 is 9.84 Å². The summed E-state index contributed by atoms with van der Waals surface area (Å²) < 4.78 is 25.4. The quantitative estimate of drug-likeness (QED) is 0.417. The van der Waals surface area contributed by atoms with E-state index in [2.05, 4.69) is 39.8 Å². The molecule has 3 rings (SSSR count). The van der Waals surface area contributed by atoms with Crippen LogP contribution in [0.25, 0.3) is 17.1 Å². The van der Waals surface area contributed by atoms with Crippen LogP contribution in [0.2, 0.25) is 0 Å². The van der Waals surface area contributed by atoms with Gasteiger partial charge in [-0.15, -0.1) is 5.10 Å². The number of aryl methyl sites for hydroxylation is 1. The summed E-state index contributed by atoms with van der Waals surface area (Å²) in [5.74, 6) is 1.04. The number of nitrogens with zero attached hydrogens (tertiary/aromatic N) is 4. The minimum atomic E-state index is -2.89. The molecular weight excluding hydrogens is 396 g/mol. The summed E-state index contributed by atoms with van der Waals surface area (Å²) in [4.78, 5) is 0. The molecule has 0 atom stereocenters. The van der Waals surface area contributed by atoms with Gasteiger partial charge in [0, 0.05) is 5.56 Å². The normalized spacial score (nSPS) is 11.8. The first-order chi connectivity index (χ1) is 14.5. The summed E-state index contributed by atoms with van der Waals surface area (Å²) in [6.45, 7) is 3.51. The van der Waals surface area contributed by atoms with Gasteiger partial charge in [-0.25, -0.2) is 8.42 Å². The fourth-order valence-electron chi connectivity index (χ4n) is 3.33. The molecule has 1 heterocycles. The molecule has 0 amide bonds. The van der Waals surface area contributed by atoms with Gasteiger partial charge in [0.1, 0.15) is 0 Å². The number of benzene rings is 2. The number of tetrazole rings is 1. The van der Waals surface area contributed by atoms with Crippen molar-refractivity contribution in [3.8, 4) is 17.1 Å². The highest BCUT2D eigenvalue weighted by molar-refractivity contribution is 7.91. The highest BCUT2D eigenvalue weighted by Gasteiger charge is 2.14. The van der Waals surface area contributed by atoms with E-state index in [0.29, 0.717) is 5.75 Å². The lowest BCUT2D eigenvalue weighted by Gasteiger charge is -2.07. The molecule has 0 bridgehead atoms. The van der Waals surface area contributed by atoms with Gasteiger partial charge in [-0.2, -0.15) is 4.68 Å². The minimum Gasteiger partial charge on any atom is -0.229 e. The van der Waals surface area contributed by atoms with Crippen molar-refractivity contribution in [1.82, 2.24) is 20.2 Å². The number of rotatable bonds is 11. The molecule has 0 aliphatic heterocycles. The van der Waals surface area contributed by atoms with E-state index in [-0.39, 0.29) is 5.25 Å². The summed E-state index contributed by atoms with van der Waals surface area (Å²) in [6.07, 6.45) is 6.08. The maximum Gasteiger partial charge on any atom is 0.187 e. The van der Waals surface area contributed by atoms with Crippen LogP contribution in [-0.4, -0.2) is 39.6 Å². The molecule has 0 saturated carbocycles. The average molecular weight is 427 g/mol. The molecule has 1 aromatic heterocycles. The van der Waals surface area contributed by atoms with Crippen LogP contribution < -0.4 is 0 Å². The zero-order valence-electron chi connectivity index (χ0n) is 17.7.